The second kappa shape index (κ2) is 8.09. The van der Waals surface area contributed by atoms with Crippen molar-refractivity contribution in [3.63, 3.8) is 0 Å². The highest BCUT2D eigenvalue weighted by atomic mass is 35.5. The molecule has 0 saturated carbocycles. The molecule has 1 aliphatic heterocycles. The Bertz CT molecular complexity index is 1400. The number of benzene rings is 2. The molecule has 2 aromatic carbocycles. The van der Waals surface area contributed by atoms with Gasteiger partial charge in [-0.15, -0.1) is 0 Å². The van der Waals surface area contributed by atoms with Crippen LogP contribution in [0.25, 0.3) is 16.5 Å². The van der Waals surface area contributed by atoms with Crippen LogP contribution in [-0.2, 0) is 0 Å². The quantitative estimate of drug-likeness (QED) is 0.477. The molecule has 0 saturated heterocycles. The molecule has 8 heteroatoms. The smallest absolute Gasteiger partial charge is 0.264 e. The van der Waals surface area contributed by atoms with Gasteiger partial charge in [-0.1, -0.05) is 41.9 Å². The van der Waals surface area contributed by atoms with E-state index in [1.165, 1.54) is 6.33 Å². The van der Waals surface area contributed by atoms with Gasteiger partial charge in [-0.2, -0.15) is 0 Å². The first-order chi connectivity index (χ1) is 15.5. The van der Waals surface area contributed by atoms with Crippen LogP contribution in [0.1, 0.15) is 35.4 Å². The summed E-state index contributed by atoms with van der Waals surface area (Å²) in [5.74, 6) is 0.953. The van der Waals surface area contributed by atoms with Crippen LogP contribution in [0.15, 0.2) is 65.7 Å². The summed E-state index contributed by atoms with van der Waals surface area (Å²) in [5, 5.41) is 8.09. The minimum atomic E-state index is -0.347. The number of para-hydroxylation sites is 1. The Labute approximate surface area is 189 Å². The zero-order valence-electron chi connectivity index (χ0n) is 17.3. The van der Waals surface area contributed by atoms with E-state index in [0.717, 1.165) is 16.8 Å². The number of anilines is 2. The second-order valence-corrected chi connectivity index (χ2v) is 8.07. The summed E-state index contributed by atoms with van der Waals surface area (Å²) in [7, 11) is 0. The molecule has 2 N–H and O–H groups in total. The Kier molecular flexibility index (Phi) is 5.11. The van der Waals surface area contributed by atoms with Gasteiger partial charge in [-0.25, -0.2) is 9.97 Å². The molecule has 0 radical (unpaired) electrons. The number of aromatic nitrogens is 3. The maximum Gasteiger partial charge on any atom is 0.264 e. The molecule has 0 unspecified atom stereocenters. The normalized spacial score (nSPS) is 14.0. The minimum absolute atomic E-state index is 0.0141. The summed E-state index contributed by atoms with van der Waals surface area (Å²) in [4.78, 5) is 34.6. The highest BCUT2D eigenvalue weighted by molar-refractivity contribution is 6.35. The summed E-state index contributed by atoms with van der Waals surface area (Å²) >= 11 is 6.39. The van der Waals surface area contributed by atoms with Crippen molar-refractivity contribution in [2.24, 2.45) is 0 Å². The number of rotatable bonds is 4. The van der Waals surface area contributed by atoms with Crippen LogP contribution in [0.2, 0.25) is 5.02 Å². The van der Waals surface area contributed by atoms with Crippen molar-refractivity contribution >= 4 is 39.8 Å². The van der Waals surface area contributed by atoms with Gasteiger partial charge in [0.05, 0.1) is 16.5 Å². The lowest BCUT2D eigenvalue weighted by molar-refractivity contribution is 0.0983. The molecule has 0 amide bonds. The van der Waals surface area contributed by atoms with Crippen molar-refractivity contribution in [1.29, 1.82) is 0 Å². The summed E-state index contributed by atoms with van der Waals surface area (Å²) in [5.41, 5.74) is 1.69. The number of carbonyl (C=O) groups is 1. The molecule has 0 aliphatic carbocycles. The third-order valence-corrected chi connectivity index (χ3v) is 5.92. The fourth-order valence-corrected chi connectivity index (χ4v) is 4.36. The summed E-state index contributed by atoms with van der Waals surface area (Å²) < 4.78 is 1.65. The molecule has 1 atom stereocenters. The van der Waals surface area contributed by atoms with E-state index in [1.807, 2.05) is 55.5 Å². The van der Waals surface area contributed by atoms with E-state index in [-0.39, 0.29) is 17.4 Å². The third-order valence-electron chi connectivity index (χ3n) is 5.61. The van der Waals surface area contributed by atoms with E-state index in [0.29, 0.717) is 40.6 Å². The number of hydrogen-bond donors (Lipinski definition) is 2. The first-order valence-electron chi connectivity index (χ1n) is 10.3. The van der Waals surface area contributed by atoms with Crippen molar-refractivity contribution in [2.75, 3.05) is 17.2 Å². The Morgan fingerprint density at radius 1 is 1.09 bits per heavy atom. The van der Waals surface area contributed by atoms with Gasteiger partial charge in [0.1, 0.15) is 23.5 Å². The van der Waals surface area contributed by atoms with Gasteiger partial charge in [0, 0.05) is 24.3 Å². The van der Waals surface area contributed by atoms with Gasteiger partial charge in [0.15, 0.2) is 5.78 Å². The lowest BCUT2D eigenvalue weighted by Crippen LogP contribution is -2.27. The van der Waals surface area contributed by atoms with E-state index in [4.69, 9.17) is 11.6 Å². The number of fused-ring (bicyclic) bond motifs is 2. The standard InChI is InChI=1S/C24H20ClN5O2/c1-14(29-23-21-19(31)10-11-26-22(21)27-13-28-23)18-12-15-6-5-9-17(25)20(15)24(32)30(18)16-7-3-2-4-8-16/h2-9,12-14H,10-11H2,1H3,(H2,26,27,28,29)/t14-/m0/s1. The number of ketones is 1. The number of carbonyl (C=O) groups excluding carboxylic acids is 1. The molecule has 160 valence electrons. The monoisotopic (exact) mass is 445 g/mol. The summed E-state index contributed by atoms with van der Waals surface area (Å²) in [6, 6.07) is 16.4. The Balaban J connectivity index is 1.68. The molecule has 32 heavy (non-hydrogen) atoms. The molecule has 0 fully saturated rings. The predicted octanol–water partition coefficient (Wildman–Crippen LogP) is 4.61. The lowest BCUT2D eigenvalue weighted by atomic mass is 10.0. The fourth-order valence-electron chi connectivity index (χ4n) is 4.09. The molecule has 0 bridgehead atoms. The van der Waals surface area contributed by atoms with Gasteiger partial charge in [0.25, 0.3) is 5.56 Å². The van der Waals surface area contributed by atoms with Crippen molar-refractivity contribution in [1.82, 2.24) is 14.5 Å². The van der Waals surface area contributed by atoms with E-state index in [1.54, 1.807) is 10.6 Å². The van der Waals surface area contributed by atoms with E-state index in [2.05, 4.69) is 20.6 Å². The molecule has 0 spiro atoms. The Morgan fingerprint density at radius 3 is 2.72 bits per heavy atom. The average Bonchev–Trinajstić information content (AvgIpc) is 2.79. The van der Waals surface area contributed by atoms with Crippen molar-refractivity contribution in [2.45, 2.75) is 19.4 Å². The topological polar surface area (TPSA) is 88.9 Å². The number of Topliss-reactive ketones (excluding diaryl/α,β-unsaturated/α-hetero) is 1. The van der Waals surface area contributed by atoms with E-state index in [9.17, 15) is 9.59 Å². The van der Waals surface area contributed by atoms with Crippen molar-refractivity contribution < 1.29 is 4.79 Å². The zero-order valence-corrected chi connectivity index (χ0v) is 18.1. The van der Waals surface area contributed by atoms with Crippen LogP contribution in [-0.4, -0.2) is 26.9 Å². The third kappa shape index (κ3) is 3.40. The van der Waals surface area contributed by atoms with Crippen LogP contribution in [0.5, 0.6) is 0 Å². The number of halogens is 1. The number of hydrogen-bond acceptors (Lipinski definition) is 6. The van der Waals surface area contributed by atoms with Gasteiger partial charge in [-0.05, 0) is 36.6 Å². The molecule has 4 aromatic rings. The van der Waals surface area contributed by atoms with Crippen molar-refractivity contribution in [3.05, 3.63) is 87.6 Å². The predicted molar refractivity (Wildman–Crippen MR) is 126 cm³/mol. The average molecular weight is 446 g/mol. The van der Waals surface area contributed by atoms with Crippen molar-refractivity contribution in [3.8, 4) is 5.69 Å². The van der Waals surface area contributed by atoms with Gasteiger partial charge < -0.3 is 10.6 Å². The van der Waals surface area contributed by atoms with Gasteiger partial charge >= 0.3 is 0 Å². The number of nitrogens with zero attached hydrogens (tertiary/aromatic N) is 3. The fraction of sp³-hybridized carbons (Fsp3) is 0.167. The first-order valence-corrected chi connectivity index (χ1v) is 10.7. The van der Waals surface area contributed by atoms with Gasteiger partial charge in [-0.3, -0.25) is 14.2 Å². The number of pyridine rings is 1. The Hall–Kier alpha value is -3.71. The SMILES string of the molecule is C[C@H](Nc1ncnc2c1C(=O)CCN2)c1cc2cccc(Cl)c2c(=O)n1-c1ccccc1. The lowest BCUT2D eigenvalue weighted by Gasteiger charge is -2.24. The van der Waals surface area contributed by atoms with Crippen LogP contribution in [0.4, 0.5) is 11.6 Å². The zero-order chi connectivity index (χ0) is 22.2. The van der Waals surface area contributed by atoms with Crippen LogP contribution >= 0.6 is 11.6 Å². The summed E-state index contributed by atoms with van der Waals surface area (Å²) in [6.45, 7) is 2.48. The van der Waals surface area contributed by atoms with E-state index >= 15 is 0 Å². The molecule has 7 nitrogen and oxygen atoms in total. The maximum absolute atomic E-state index is 13.6. The number of nitrogens with one attached hydrogen (secondary N) is 2. The molecular weight excluding hydrogens is 426 g/mol. The molecule has 5 rings (SSSR count). The molecule has 3 heterocycles. The first kappa shape index (κ1) is 20.2. The van der Waals surface area contributed by atoms with E-state index < -0.39 is 0 Å². The highest BCUT2D eigenvalue weighted by Gasteiger charge is 2.25. The minimum Gasteiger partial charge on any atom is -0.369 e. The largest absolute Gasteiger partial charge is 0.369 e. The van der Waals surface area contributed by atoms with Crippen LogP contribution in [0.3, 0.4) is 0 Å². The summed E-state index contributed by atoms with van der Waals surface area (Å²) in [6.07, 6.45) is 1.80. The van der Waals surface area contributed by atoms with Crippen LogP contribution < -0.4 is 16.2 Å². The highest BCUT2D eigenvalue weighted by Crippen LogP contribution is 2.30. The van der Waals surface area contributed by atoms with Gasteiger partial charge in [0.2, 0.25) is 0 Å². The molecular formula is C24H20ClN5O2. The van der Waals surface area contributed by atoms with Crippen LogP contribution in [0, 0.1) is 0 Å². The maximum atomic E-state index is 13.6. The molecule has 2 aromatic heterocycles. The second-order valence-electron chi connectivity index (χ2n) is 7.66. The Morgan fingerprint density at radius 2 is 1.91 bits per heavy atom. The molecule has 1 aliphatic rings.